The van der Waals surface area contributed by atoms with Crippen molar-refractivity contribution in [2.24, 2.45) is 5.92 Å². The minimum Gasteiger partial charge on any atom is -0.467 e. The van der Waals surface area contributed by atoms with Gasteiger partial charge in [-0.05, 0) is 66.9 Å². The number of rotatable bonds is 8. The molecule has 0 spiro atoms. The van der Waals surface area contributed by atoms with E-state index in [9.17, 15) is 22.4 Å². The second-order valence-electron chi connectivity index (χ2n) is 8.31. The fourth-order valence-corrected chi connectivity index (χ4v) is 5.42. The highest BCUT2D eigenvalue weighted by Crippen LogP contribution is 2.24. The fraction of sp³-hybridized carbons (Fsp3) is 0.280. The van der Waals surface area contributed by atoms with Gasteiger partial charge >= 0.3 is 0 Å². The minimum atomic E-state index is -3.72. The molecule has 2 N–H and O–H groups in total. The molecule has 0 atom stereocenters. The first kappa shape index (κ1) is 24.6. The predicted octanol–water partition coefficient (Wildman–Crippen LogP) is 3.07. The molecule has 4 rings (SSSR count). The van der Waals surface area contributed by atoms with Crippen molar-refractivity contribution in [2.45, 2.75) is 30.8 Å². The number of hydrogen-bond acceptors (Lipinski definition) is 5. The number of piperidine rings is 1. The van der Waals surface area contributed by atoms with Crippen molar-refractivity contribution in [3.8, 4) is 0 Å². The maximum Gasteiger partial charge on any atom is 0.251 e. The molecule has 0 saturated carbocycles. The first-order valence-corrected chi connectivity index (χ1v) is 12.7. The van der Waals surface area contributed by atoms with Gasteiger partial charge in [0.15, 0.2) is 0 Å². The van der Waals surface area contributed by atoms with Gasteiger partial charge in [-0.2, -0.15) is 4.31 Å². The molecule has 1 aliphatic rings. The van der Waals surface area contributed by atoms with Crippen molar-refractivity contribution in [3.05, 3.63) is 89.6 Å². The molecule has 1 fully saturated rings. The molecule has 0 bridgehead atoms. The highest BCUT2D eigenvalue weighted by molar-refractivity contribution is 7.89. The van der Waals surface area contributed by atoms with Crippen LogP contribution < -0.4 is 10.6 Å². The molecule has 0 unspecified atom stereocenters. The van der Waals surface area contributed by atoms with Crippen molar-refractivity contribution in [1.29, 1.82) is 0 Å². The van der Waals surface area contributed by atoms with Gasteiger partial charge in [0.1, 0.15) is 11.6 Å². The van der Waals surface area contributed by atoms with E-state index in [1.54, 1.807) is 36.6 Å². The maximum atomic E-state index is 13.1. The van der Waals surface area contributed by atoms with Gasteiger partial charge in [0.2, 0.25) is 15.9 Å². The second kappa shape index (κ2) is 10.8. The number of nitrogens with one attached hydrogen (secondary N) is 2. The van der Waals surface area contributed by atoms with Gasteiger partial charge in [0.25, 0.3) is 5.91 Å². The summed E-state index contributed by atoms with van der Waals surface area (Å²) in [5, 5.41) is 5.67. The van der Waals surface area contributed by atoms with E-state index >= 15 is 0 Å². The lowest BCUT2D eigenvalue weighted by Gasteiger charge is -2.30. The summed E-state index contributed by atoms with van der Waals surface area (Å²) in [5.74, 6) is -0.562. The molecular formula is C25H26FN3O5S. The van der Waals surface area contributed by atoms with Crippen LogP contribution in [0.3, 0.4) is 0 Å². The number of benzene rings is 2. The van der Waals surface area contributed by atoms with Crippen LogP contribution in [0.4, 0.5) is 4.39 Å². The monoisotopic (exact) mass is 499 g/mol. The SMILES string of the molecule is O=C(NCc1ccco1)c1cccc(CNC(=O)C2CCN(S(=O)(=O)c3ccc(F)cc3)CC2)c1. The standard InChI is InChI=1S/C25H26FN3O5S/c26-21-6-8-23(9-7-21)35(32,33)29-12-10-19(11-13-29)24(30)27-16-18-3-1-4-20(15-18)25(31)28-17-22-5-2-14-34-22/h1-9,14-15,19H,10-13,16-17H2,(H,27,30)(H,28,31). The molecule has 1 saturated heterocycles. The summed E-state index contributed by atoms with van der Waals surface area (Å²) in [6.45, 7) is 0.959. The minimum absolute atomic E-state index is 0.0369. The number of furan rings is 1. The predicted molar refractivity (Wildman–Crippen MR) is 126 cm³/mol. The van der Waals surface area contributed by atoms with Gasteiger partial charge in [0.05, 0.1) is 17.7 Å². The van der Waals surface area contributed by atoms with E-state index in [0.717, 1.165) is 17.7 Å². The molecule has 3 aromatic rings. The average Bonchev–Trinajstić information content (AvgIpc) is 3.40. The van der Waals surface area contributed by atoms with Crippen LogP contribution in [0.1, 0.15) is 34.5 Å². The Morgan fingerprint density at radius 1 is 0.971 bits per heavy atom. The average molecular weight is 500 g/mol. The number of carbonyl (C=O) groups excluding carboxylic acids is 2. The molecule has 0 aliphatic carbocycles. The maximum absolute atomic E-state index is 13.1. The van der Waals surface area contributed by atoms with E-state index in [4.69, 9.17) is 4.42 Å². The van der Waals surface area contributed by atoms with Crippen LogP contribution in [-0.2, 0) is 27.9 Å². The lowest BCUT2D eigenvalue weighted by molar-refractivity contribution is -0.126. The summed E-state index contributed by atoms with van der Waals surface area (Å²) < 4.78 is 45.2. The molecule has 184 valence electrons. The number of hydrogen-bond donors (Lipinski definition) is 2. The summed E-state index contributed by atoms with van der Waals surface area (Å²) in [7, 11) is -3.72. The number of carbonyl (C=O) groups is 2. The summed E-state index contributed by atoms with van der Waals surface area (Å²) in [6, 6.07) is 15.2. The molecule has 2 aromatic carbocycles. The first-order valence-electron chi connectivity index (χ1n) is 11.3. The molecule has 8 nitrogen and oxygen atoms in total. The normalized spacial score (nSPS) is 15.0. The number of sulfonamides is 1. The Labute approximate surface area is 203 Å². The zero-order chi connectivity index (χ0) is 24.8. The number of halogens is 1. The molecule has 2 amide bonds. The van der Waals surface area contributed by atoms with E-state index in [1.165, 1.54) is 16.4 Å². The van der Waals surface area contributed by atoms with Crippen LogP contribution in [0.25, 0.3) is 0 Å². The van der Waals surface area contributed by atoms with Gasteiger partial charge in [-0.25, -0.2) is 12.8 Å². The van der Waals surface area contributed by atoms with Gasteiger partial charge in [-0.1, -0.05) is 12.1 Å². The Hall–Kier alpha value is -3.50. The quantitative estimate of drug-likeness (QED) is 0.495. The van der Waals surface area contributed by atoms with Crippen LogP contribution in [0.5, 0.6) is 0 Å². The Balaban J connectivity index is 1.27. The van der Waals surface area contributed by atoms with E-state index in [-0.39, 0.29) is 48.8 Å². The smallest absolute Gasteiger partial charge is 0.251 e. The zero-order valence-corrected chi connectivity index (χ0v) is 19.8. The summed E-state index contributed by atoms with van der Waals surface area (Å²) in [6.07, 6.45) is 2.32. The lowest BCUT2D eigenvalue weighted by atomic mass is 9.97. The topological polar surface area (TPSA) is 109 Å². The van der Waals surface area contributed by atoms with Crippen molar-refractivity contribution >= 4 is 21.8 Å². The van der Waals surface area contributed by atoms with E-state index in [1.807, 2.05) is 6.07 Å². The number of nitrogens with zero attached hydrogens (tertiary/aromatic N) is 1. The van der Waals surface area contributed by atoms with Crippen molar-refractivity contribution in [3.63, 3.8) is 0 Å². The van der Waals surface area contributed by atoms with Gasteiger partial charge < -0.3 is 15.1 Å². The van der Waals surface area contributed by atoms with E-state index < -0.39 is 15.8 Å². The highest BCUT2D eigenvalue weighted by Gasteiger charge is 2.32. The summed E-state index contributed by atoms with van der Waals surface area (Å²) in [5.41, 5.74) is 1.25. The third-order valence-corrected chi connectivity index (χ3v) is 7.85. The largest absolute Gasteiger partial charge is 0.467 e. The number of amides is 2. The Bertz CT molecular complexity index is 1270. The summed E-state index contributed by atoms with van der Waals surface area (Å²) in [4.78, 5) is 25.1. The van der Waals surface area contributed by atoms with Crippen LogP contribution in [0.2, 0.25) is 0 Å². The first-order chi connectivity index (χ1) is 16.8. The second-order valence-corrected chi connectivity index (χ2v) is 10.3. The third kappa shape index (κ3) is 6.14. The zero-order valence-electron chi connectivity index (χ0n) is 18.9. The molecule has 0 radical (unpaired) electrons. The van der Waals surface area contributed by atoms with Crippen LogP contribution >= 0.6 is 0 Å². The molecule has 1 aliphatic heterocycles. The van der Waals surface area contributed by atoms with Crippen molar-refractivity contribution < 1.29 is 26.8 Å². The van der Waals surface area contributed by atoms with Crippen LogP contribution in [0.15, 0.2) is 76.2 Å². The Kier molecular flexibility index (Phi) is 7.62. The van der Waals surface area contributed by atoms with Crippen molar-refractivity contribution in [1.82, 2.24) is 14.9 Å². The Morgan fingerprint density at radius 3 is 2.40 bits per heavy atom. The summed E-state index contributed by atoms with van der Waals surface area (Å²) >= 11 is 0. The third-order valence-electron chi connectivity index (χ3n) is 5.94. The molecule has 10 heteroatoms. The fourth-order valence-electron chi connectivity index (χ4n) is 3.95. The highest BCUT2D eigenvalue weighted by atomic mass is 32.2. The molecular weight excluding hydrogens is 473 g/mol. The van der Waals surface area contributed by atoms with E-state index in [2.05, 4.69) is 10.6 Å². The molecule has 35 heavy (non-hydrogen) atoms. The van der Waals surface area contributed by atoms with Crippen molar-refractivity contribution in [2.75, 3.05) is 13.1 Å². The van der Waals surface area contributed by atoms with Gasteiger partial charge in [-0.3, -0.25) is 9.59 Å². The van der Waals surface area contributed by atoms with Crippen LogP contribution in [0, 0.1) is 11.7 Å². The van der Waals surface area contributed by atoms with E-state index in [0.29, 0.717) is 24.2 Å². The Morgan fingerprint density at radius 2 is 1.71 bits per heavy atom. The molecule has 2 heterocycles. The van der Waals surface area contributed by atoms with Gasteiger partial charge in [-0.15, -0.1) is 0 Å². The van der Waals surface area contributed by atoms with Crippen LogP contribution in [-0.4, -0.2) is 37.6 Å². The molecule has 1 aromatic heterocycles. The lowest BCUT2D eigenvalue weighted by Crippen LogP contribution is -2.42. The van der Waals surface area contributed by atoms with Gasteiger partial charge in [0, 0.05) is 31.1 Å².